The van der Waals surface area contributed by atoms with Gasteiger partial charge in [0.1, 0.15) is 0 Å². The van der Waals surface area contributed by atoms with Gasteiger partial charge in [-0.3, -0.25) is 10.1 Å². The molecular weight excluding hydrogens is 398 g/mol. The van der Waals surface area contributed by atoms with E-state index >= 15 is 0 Å². The highest BCUT2D eigenvalue weighted by Crippen LogP contribution is 2.29. The maximum Gasteiger partial charge on any atom is 0.330 e. The number of hydrogen-bond donors (Lipinski definition) is 4. The minimum atomic E-state index is -1.68. The van der Waals surface area contributed by atoms with Gasteiger partial charge >= 0.3 is 12.0 Å². The smallest absolute Gasteiger partial charge is 0.330 e. The Bertz CT molecular complexity index is 578. The standard InChI is InChI=1S/C11H9Br2N3O4/c12-5-1-3-6(4-2-5)16-11(13)7(8(17)18)14-10(20)15-9(11)19/h1-4,7,16H,(H,17,18)(H2,14,15,19,20). The first-order chi connectivity index (χ1) is 9.33. The number of anilines is 1. The SMILES string of the molecule is O=C1NC(=O)C(Br)(Nc2ccc(Br)cc2)C(C(=O)O)N1. The average molecular weight is 407 g/mol. The lowest BCUT2D eigenvalue weighted by Gasteiger charge is -2.37. The van der Waals surface area contributed by atoms with Crippen molar-refractivity contribution in [2.24, 2.45) is 0 Å². The van der Waals surface area contributed by atoms with Crippen LogP contribution in [-0.4, -0.2) is 33.5 Å². The third-order valence-corrected chi connectivity index (χ3v) is 4.19. The molecule has 9 heteroatoms. The quantitative estimate of drug-likeness (QED) is 0.446. The number of urea groups is 1. The van der Waals surface area contributed by atoms with Gasteiger partial charge in [0, 0.05) is 10.2 Å². The molecule has 3 amide bonds. The van der Waals surface area contributed by atoms with Gasteiger partial charge in [-0.15, -0.1) is 0 Å². The summed E-state index contributed by atoms with van der Waals surface area (Å²) < 4.78 is -0.844. The molecule has 4 N–H and O–H groups in total. The summed E-state index contributed by atoms with van der Waals surface area (Å²) in [5.41, 5.74) is 0.516. The second kappa shape index (κ2) is 5.41. The maximum absolute atomic E-state index is 12.0. The molecule has 20 heavy (non-hydrogen) atoms. The largest absolute Gasteiger partial charge is 0.480 e. The first kappa shape index (κ1) is 14.8. The monoisotopic (exact) mass is 405 g/mol. The fraction of sp³-hybridized carbons (Fsp3) is 0.182. The van der Waals surface area contributed by atoms with Crippen LogP contribution in [0.1, 0.15) is 0 Å². The van der Waals surface area contributed by atoms with Crippen LogP contribution in [-0.2, 0) is 9.59 Å². The molecule has 1 saturated heterocycles. The summed E-state index contributed by atoms with van der Waals surface area (Å²) in [4.78, 5) is 34.4. The number of aliphatic carboxylic acids is 1. The Morgan fingerprint density at radius 1 is 1.30 bits per heavy atom. The fourth-order valence-corrected chi connectivity index (χ4v) is 2.60. The minimum absolute atomic E-state index is 0.516. The molecule has 0 radical (unpaired) electrons. The van der Waals surface area contributed by atoms with Gasteiger partial charge < -0.3 is 15.7 Å². The molecule has 1 aliphatic rings. The summed E-state index contributed by atoms with van der Waals surface area (Å²) in [6, 6.07) is 4.48. The molecule has 1 fully saturated rings. The van der Waals surface area contributed by atoms with Crippen LogP contribution in [0.15, 0.2) is 28.7 Å². The van der Waals surface area contributed by atoms with E-state index < -0.39 is 28.4 Å². The molecule has 0 spiro atoms. The van der Waals surface area contributed by atoms with Gasteiger partial charge in [0.05, 0.1) is 0 Å². The van der Waals surface area contributed by atoms with E-state index in [9.17, 15) is 14.4 Å². The van der Waals surface area contributed by atoms with Gasteiger partial charge in [-0.05, 0) is 40.2 Å². The number of nitrogens with one attached hydrogen (secondary N) is 3. The number of carbonyl (C=O) groups is 3. The molecule has 106 valence electrons. The number of benzene rings is 1. The lowest BCUT2D eigenvalue weighted by Crippen LogP contribution is -2.71. The number of alkyl halides is 1. The zero-order valence-corrected chi connectivity index (χ0v) is 13.0. The van der Waals surface area contributed by atoms with Crippen LogP contribution in [0, 0.1) is 0 Å². The van der Waals surface area contributed by atoms with Crippen LogP contribution in [0.3, 0.4) is 0 Å². The van der Waals surface area contributed by atoms with Crippen molar-refractivity contribution in [3.8, 4) is 0 Å². The predicted octanol–water partition coefficient (Wildman–Crippen LogP) is 1.24. The highest BCUT2D eigenvalue weighted by molar-refractivity contribution is 9.10. The first-order valence-electron chi connectivity index (χ1n) is 5.40. The Morgan fingerprint density at radius 2 is 1.90 bits per heavy atom. The van der Waals surface area contributed by atoms with Crippen molar-refractivity contribution in [1.29, 1.82) is 0 Å². The summed E-state index contributed by atoms with van der Waals surface area (Å²) in [5.74, 6) is -2.12. The molecule has 1 heterocycles. The third-order valence-electron chi connectivity index (χ3n) is 2.65. The van der Waals surface area contributed by atoms with Gasteiger partial charge in [-0.2, -0.15) is 0 Å². The topological polar surface area (TPSA) is 108 Å². The lowest BCUT2D eigenvalue weighted by atomic mass is 10.0. The van der Waals surface area contributed by atoms with E-state index in [2.05, 4.69) is 42.5 Å². The van der Waals surface area contributed by atoms with E-state index in [1.54, 1.807) is 24.3 Å². The molecule has 0 bridgehead atoms. The predicted molar refractivity (Wildman–Crippen MR) is 77.5 cm³/mol. The first-order valence-corrected chi connectivity index (χ1v) is 6.99. The molecule has 0 aromatic heterocycles. The van der Waals surface area contributed by atoms with Crippen LogP contribution in [0.2, 0.25) is 0 Å². The summed E-state index contributed by atoms with van der Waals surface area (Å²) >= 11 is 6.35. The number of carboxylic acids is 1. The van der Waals surface area contributed by atoms with E-state index in [0.717, 1.165) is 4.47 Å². The fourth-order valence-electron chi connectivity index (χ4n) is 1.70. The number of amides is 3. The summed E-state index contributed by atoms with van der Waals surface area (Å²) in [7, 11) is 0. The Kier molecular flexibility index (Phi) is 4.00. The van der Waals surface area contributed by atoms with Crippen molar-refractivity contribution in [3.63, 3.8) is 0 Å². The number of hydrogen-bond acceptors (Lipinski definition) is 4. The van der Waals surface area contributed by atoms with Crippen molar-refractivity contribution >= 4 is 55.5 Å². The lowest BCUT2D eigenvalue weighted by molar-refractivity contribution is -0.142. The summed E-state index contributed by atoms with van der Waals surface area (Å²) in [6.07, 6.45) is 0. The van der Waals surface area contributed by atoms with Crippen LogP contribution >= 0.6 is 31.9 Å². The number of carboxylic acid groups (broad SMARTS) is 1. The summed E-state index contributed by atoms with van der Waals surface area (Å²) in [6.45, 7) is 0. The van der Waals surface area contributed by atoms with Gasteiger partial charge in [-0.25, -0.2) is 9.59 Å². The van der Waals surface area contributed by atoms with Gasteiger partial charge in [-0.1, -0.05) is 15.9 Å². The molecule has 7 nitrogen and oxygen atoms in total. The number of imide groups is 1. The summed E-state index contributed by atoms with van der Waals surface area (Å²) in [5, 5.41) is 16.1. The van der Waals surface area contributed by atoms with Crippen molar-refractivity contribution in [2.45, 2.75) is 10.5 Å². The van der Waals surface area contributed by atoms with Crippen LogP contribution < -0.4 is 16.0 Å². The van der Waals surface area contributed by atoms with E-state index in [-0.39, 0.29) is 0 Å². The molecule has 2 atom stereocenters. The Morgan fingerprint density at radius 3 is 2.45 bits per heavy atom. The Hall–Kier alpha value is -1.61. The van der Waals surface area contributed by atoms with Crippen molar-refractivity contribution in [2.75, 3.05) is 5.32 Å². The average Bonchev–Trinajstić information content (AvgIpc) is 2.37. The van der Waals surface area contributed by atoms with Crippen LogP contribution in [0.25, 0.3) is 0 Å². The minimum Gasteiger partial charge on any atom is -0.480 e. The molecule has 2 unspecified atom stereocenters. The Labute approximate surface area is 130 Å². The van der Waals surface area contributed by atoms with E-state index in [4.69, 9.17) is 5.11 Å². The van der Waals surface area contributed by atoms with Crippen molar-refractivity contribution in [1.82, 2.24) is 10.6 Å². The normalized spacial score (nSPS) is 25.6. The van der Waals surface area contributed by atoms with Crippen LogP contribution in [0.5, 0.6) is 0 Å². The number of rotatable bonds is 3. The highest BCUT2D eigenvalue weighted by Gasteiger charge is 2.52. The van der Waals surface area contributed by atoms with Crippen molar-refractivity contribution < 1.29 is 19.5 Å². The second-order valence-corrected chi connectivity index (χ2v) is 6.21. The molecule has 1 aromatic carbocycles. The molecule has 0 saturated carbocycles. The van der Waals surface area contributed by atoms with E-state index in [0.29, 0.717) is 5.69 Å². The van der Waals surface area contributed by atoms with Crippen molar-refractivity contribution in [3.05, 3.63) is 28.7 Å². The molecule has 1 aromatic rings. The number of halogens is 2. The maximum atomic E-state index is 12.0. The van der Waals surface area contributed by atoms with E-state index in [1.807, 2.05) is 5.32 Å². The highest BCUT2D eigenvalue weighted by atomic mass is 79.9. The zero-order chi connectivity index (χ0) is 14.9. The molecule has 1 aliphatic heterocycles. The molecular formula is C11H9Br2N3O4. The second-order valence-electron chi connectivity index (χ2n) is 4.04. The van der Waals surface area contributed by atoms with E-state index in [1.165, 1.54) is 0 Å². The number of carbonyl (C=O) groups excluding carboxylic acids is 2. The third kappa shape index (κ3) is 2.78. The van der Waals surface area contributed by atoms with Gasteiger partial charge in [0.2, 0.25) is 4.45 Å². The van der Waals surface area contributed by atoms with Gasteiger partial charge in [0.15, 0.2) is 6.04 Å². The molecule has 0 aliphatic carbocycles. The Balaban J connectivity index is 2.33. The van der Waals surface area contributed by atoms with Gasteiger partial charge in [0.25, 0.3) is 5.91 Å². The molecule has 2 rings (SSSR count). The van der Waals surface area contributed by atoms with Crippen LogP contribution in [0.4, 0.5) is 10.5 Å². The zero-order valence-electron chi connectivity index (χ0n) is 9.81.